The van der Waals surface area contributed by atoms with Gasteiger partial charge in [-0.2, -0.15) is 0 Å². The van der Waals surface area contributed by atoms with Crippen LogP contribution in [0.5, 0.6) is 0 Å². The number of pyridine rings is 1. The highest BCUT2D eigenvalue weighted by Crippen LogP contribution is 2.29. The third-order valence-corrected chi connectivity index (χ3v) is 3.87. The van der Waals surface area contributed by atoms with Crippen molar-refractivity contribution in [3.63, 3.8) is 0 Å². The minimum Gasteiger partial charge on any atom is -0.332 e. The molecule has 0 spiro atoms. The highest BCUT2D eigenvalue weighted by molar-refractivity contribution is 5.82. The van der Waals surface area contributed by atoms with Crippen LogP contribution in [0.3, 0.4) is 0 Å². The van der Waals surface area contributed by atoms with Gasteiger partial charge in [-0.25, -0.2) is 0 Å². The van der Waals surface area contributed by atoms with Crippen molar-refractivity contribution >= 4 is 5.91 Å². The lowest BCUT2D eigenvalue weighted by Gasteiger charge is -2.27. The van der Waals surface area contributed by atoms with E-state index < -0.39 is 6.04 Å². The summed E-state index contributed by atoms with van der Waals surface area (Å²) in [6.45, 7) is 4.68. The van der Waals surface area contributed by atoms with Gasteiger partial charge in [-0.15, -0.1) is 0 Å². The fourth-order valence-electron chi connectivity index (χ4n) is 2.13. The van der Waals surface area contributed by atoms with Crippen LogP contribution in [0.1, 0.15) is 38.8 Å². The molecule has 0 aliphatic heterocycles. The maximum atomic E-state index is 12.5. The number of hydrogen-bond donors (Lipinski definition) is 1. The normalized spacial score (nSPS) is 17.8. The van der Waals surface area contributed by atoms with Crippen LogP contribution in [-0.4, -0.2) is 27.9 Å². The van der Waals surface area contributed by atoms with E-state index in [4.69, 9.17) is 5.73 Å². The van der Waals surface area contributed by atoms with Gasteiger partial charge in [0.1, 0.15) is 0 Å². The average molecular weight is 261 g/mol. The molecule has 2 atom stereocenters. The van der Waals surface area contributed by atoms with Gasteiger partial charge in [0.25, 0.3) is 0 Å². The number of amides is 1. The van der Waals surface area contributed by atoms with Gasteiger partial charge in [0.05, 0.1) is 18.3 Å². The first kappa shape index (κ1) is 14.0. The van der Waals surface area contributed by atoms with Gasteiger partial charge in [-0.1, -0.05) is 26.3 Å². The standard InChI is InChI=1S/C15H23N3O/c1-3-11(2)14(16)15(19)18(13-7-8-13)10-12-6-4-5-9-17-12/h4-6,9,11,13-14H,3,7-8,10,16H2,1-2H3/t11?,14-/m0/s1. The Kier molecular flexibility index (Phi) is 4.53. The molecule has 0 bridgehead atoms. The van der Waals surface area contributed by atoms with Crippen LogP contribution in [0.25, 0.3) is 0 Å². The molecule has 1 amide bonds. The Morgan fingerprint density at radius 2 is 2.26 bits per heavy atom. The summed E-state index contributed by atoms with van der Waals surface area (Å²) in [6, 6.07) is 5.76. The maximum Gasteiger partial charge on any atom is 0.240 e. The van der Waals surface area contributed by atoms with Gasteiger partial charge in [-0.05, 0) is 30.9 Å². The zero-order valence-electron chi connectivity index (χ0n) is 11.7. The molecule has 0 aromatic carbocycles. The zero-order valence-corrected chi connectivity index (χ0v) is 11.7. The Morgan fingerprint density at radius 3 is 2.79 bits per heavy atom. The first-order valence-electron chi connectivity index (χ1n) is 7.09. The van der Waals surface area contributed by atoms with Crippen LogP contribution in [0.2, 0.25) is 0 Å². The number of hydrogen-bond acceptors (Lipinski definition) is 3. The highest BCUT2D eigenvalue weighted by Gasteiger charge is 2.36. The summed E-state index contributed by atoms with van der Waals surface area (Å²) in [7, 11) is 0. The van der Waals surface area contributed by atoms with Crippen LogP contribution in [-0.2, 0) is 11.3 Å². The van der Waals surface area contributed by atoms with E-state index in [-0.39, 0.29) is 11.8 Å². The molecule has 2 rings (SSSR count). The molecule has 104 valence electrons. The third kappa shape index (κ3) is 3.53. The molecule has 4 heteroatoms. The Morgan fingerprint density at radius 1 is 1.53 bits per heavy atom. The fourth-order valence-corrected chi connectivity index (χ4v) is 2.13. The lowest BCUT2D eigenvalue weighted by atomic mass is 9.98. The summed E-state index contributed by atoms with van der Waals surface area (Å²) in [5.74, 6) is 0.292. The second-order valence-corrected chi connectivity index (χ2v) is 5.43. The van der Waals surface area contributed by atoms with Crippen molar-refractivity contribution in [3.05, 3.63) is 30.1 Å². The number of carbonyl (C=O) groups excluding carboxylic acids is 1. The van der Waals surface area contributed by atoms with E-state index >= 15 is 0 Å². The first-order chi connectivity index (χ1) is 9.13. The smallest absolute Gasteiger partial charge is 0.240 e. The third-order valence-electron chi connectivity index (χ3n) is 3.87. The van der Waals surface area contributed by atoms with Crippen molar-refractivity contribution in [2.24, 2.45) is 11.7 Å². The van der Waals surface area contributed by atoms with Crippen LogP contribution in [0, 0.1) is 5.92 Å². The molecule has 0 radical (unpaired) electrons. The second-order valence-electron chi connectivity index (χ2n) is 5.43. The predicted molar refractivity (Wildman–Crippen MR) is 75.2 cm³/mol. The van der Waals surface area contributed by atoms with E-state index in [0.29, 0.717) is 12.6 Å². The van der Waals surface area contributed by atoms with Gasteiger partial charge < -0.3 is 10.6 Å². The van der Waals surface area contributed by atoms with E-state index in [1.165, 1.54) is 0 Å². The van der Waals surface area contributed by atoms with Gasteiger partial charge in [0.2, 0.25) is 5.91 Å². The summed E-state index contributed by atoms with van der Waals surface area (Å²) in [6.07, 6.45) is 4.87. The molecule has 4 nitrogen and oxygen atoms in total. The van der Waals surface area contributed by atoms with Gasteiger partial charge in [-0.3, -0.25) is 9.78 Å². The van der Waals surface area contributed by atoms with E-state index in [0.717, 1.165) is 25.0 Å². The van der Waals surface area contributed by atoms with E-state index in [2.05, 4.69) is 11.9 Å². The topological polar surface area (TPSA) is 59.2 Å². The molecular weight excluding hydrogens is 238 g/mol. The van der Waals surface area contributed by atoms with Crippen LogP contribution < -0.4 is 5.73 Å². The number of nitrogens with two attached hydrogens (primary N) is 1. The lowest BCUT2D eigenvalue weighted by Crippen LogP contribution is -2.47. The Bertz CT molecular complexity index is 417. The molecule has 1 aliphatic rings. The average Bonchev–Trinajstić information content (AvgIpc) is 3.28. The maximum absolute atomic E-state index is 12.5. The molecule has 1 aromatic heterocycles. The van der Waals surface area contributed by atoms with Crippen molar-refractivity contribution in [2.45, 2.75) is 51.7 Å². The summed E-state index contributed by atoms with van der Waals surface area (Å²) < 4.78 is 0. The largest absolute Gasteiger partial charge is 0.332 e. The minimum atomic E-state index is -0.394. The summed E-state index contributed by atoms with van der Waals surface area (Å²) in [4.78, 5) is 18.7. The van der Waals surface area contributed by atoms with E-state index in [1.54, 1.807) is 6.20 Å². The molecular formula is C15H23N3O. The van der Waals surface area contributed by atoms with Crippen LogP contribution >= 0.6 is 0 Å². The fraction of sp³-hybridized carbons (Fsp3) is 0.600. The second kappa shape index (κ2) is 6.15. The number of aromatic nitrogens is 1. The first-order valence-corrected chi connectivity index (χ1v) is 7.09. The molecule has 2 N–H and O–H groups in total. The lowest BCUT2D eigenvalue weighted by molar-refractivity contribution is -0.135. The summed E-state index contributed by atoms with van der Waals surface area (Å²) >= 11 is 0. The number of carbonyl (C=O) groups is 1. The molecule has 1 fully saturated rings. The predicted octanol–water partition coefficient (Wildman–Crippen LogP) is 1.95. The number of nitrogens with zero attached hydrogens (tertiary/aromatic N) is 2. The van der Waals surface area contributed by atoms with Gasteiger partial charge in [0.15, 0.2) is 0 Å². The van der Waals surface area contributed by atoms with Crippen molar-refractivity contribution in [1.29, 1.82) is 0 Å². The Labute approximate surface area is 115 Å². The molecule has 1 heterocycles. The van der Waals surface area contributed by atoms with Crippen molar-refractivity contribution < 1.29 is 4.79 Å². The van der Waals surface area contributed by atoms with Crippen molar-refractivity contribution in [3.8, 4) is 0 Å². The number of rotatable bonds is 6. The molecule has 19 heavy (non-hydrogen) atoms. The van der Waals surface area contributed by atoms with Gasteiger partial charge in [0, 0.05) is 12.2 Å². The van der Waals surface area contributed by atoms with Crippen molar-refractivity contribution in [1.82, 2.24) is 9.88 Å². The van der Waals surface area contributed by atoms with E-state index in [9.17, 15) is 4.79 Å². The molecule has 0 saturated heterocycles. The highest BCUT2D eigenvalue weighted by atomic mass is 16.2. The summed E-state index contributed by atoms with van der Waals surface area (Å²) in [5.41, 5.74) is 7.01. The Hall–Kier alpha value is -1.42. The quantitative estimate of drug-likeness (QED) is 0.851. The minimum absolute atomic E-state index is 0.0718. The molecule has 1 aromatic rings. The molecule has 1 aliphatic carbocycles. The van der Waals surface area contributed by atoms with Crippen LogP contribution in [0.15, 0.2) is 24.4 Å². The zero-order chi connectivity index (χ0) is 13.8. The molecule has 1 unspecified atom stereocenters. The van der Waals surface area contributed by atoms with E-state index in [1.807, 2.05) is 30.0 Å². The molecule has 1 saturated carbocycles. The van der Waals surface area contributed by atoms with Crippen LogP contribution in [0.4, 0.5) is 0 Å². The SMILES string of the molecule is CCC(C)[C@H](N)C(=O)N(Cc1ccccn1)C1CC1. The van der Waals surface area contributed by atoms with Crippen molar-refractivity contribution in [2.75, 3.05) is 0 Å². The monoisotopic (exact) mass is 261 g/mol. The van der Waals surface area contributed by atoms with Gasteiger partial charge >= 0.3 is 0 Å². The summed E-state index contributed by atoms with van der Waals surface area (Å²) in [5, 5.41) is 0. The Balaban J connectivity index is 2.06.